The van der Waals surface area contributed by atoms with Gasteiger partial charge in [-0.3, -0.25) is 0 Å². The Labute approximate surface area is 256 Å². The SMILES string of the molecule is CCCc1cc2c(-c3ccccc3)cccc2[cH-]1.CCCc1cc2c(-c3ccccc3)cccc2[cH-]1.C[Si](C)=[Zr+2]. The van der Waals surface area contributed by atoms with E-state index in [4.69, 9.17) is 0 Å². The first-order valence-corrected chi connectivity index (χ1v) is 20.7. The molecule has 6 aromatic rings. The molecule has 6 rings (SSSR count). The van der Waals surface area contributed by atoms with Gasteiger partial charge in [-0.15, -0.1) is 69.1 Å². The van der Waals surface area contributed by atoms with Gasteiger partial charge < -0.3 is 0 Å². The normalized spacial score (nSPS) is 10.6. The van der Waals surface area contributed by atoms with Crippen LogP contribution in [0.4, 0.5) is 0 Å². The van der Waals surface area contributed by atoms with Crippen LogP contribution in [0, 0.1) is 0 Å². The van der Waals surface area contributed by atoms with Gasteiger partial charge in [-0.2, -0.15) is 12.1 Å². The van der Waals surface area contributed by atoms with Crippen molar-refractivity contribution in [2.24, 2.45) is 0 Å². The molecule has 0 aromatic heterocycles. The quantitative estimate of drug-likeness (QED) is 0.129. The van der Waals surface area contributed by atoms with Crippen molar-refractivity contribution in [3.8, 4) is 22.3 Å². The molecule has 0 N–H and O–H groups in total. The third-order valence-electron chi connectivity index (χ3n) is 6.87. The van der Waals surface area contributed by atoms with E-state index in [9.17, 15) is 0 Å². The van der Waals surface area contributed by atoms with Gasteiger partial charge in [-0.05, 0) is 24.0 Å². The van der Waals surface area contributed by atoms with Crippen LogP contribution in [0.15, 0.2) is 121 Å². The first kappa shape index (κ1) is 30.2. The molecule has 0 amide bonds. The Morgan fingerprint density at radius 3 is 1.27 bits per heavy atom. The molecule has 200 valence electrons. The number of hydrogen-bond acceptors (Lipinski definition) is 0. The molecule has 6 aromatic carbocycles. The fourth-order valence-corrected chi connectivity index (χ4v) is 5.20. The van der Waals surface area contributed by atoms with E-state index in [0.717, 1.165) is 0 Å². The fourth-order valence-electron chi connectivity index (χ4n) is 5.20. The van der Waals surface area contributed by atoms with E-state index in [1.54, 1.807) is 23.3 Å². The number of aryl methyl sites for hydroxylation is 2. The zero-order valence-electron chi connectivity index (χ0n) is 24.4. The fraction of sp³-hybridized carbons (Fsp3) is 0.211. The van der Waals surface area contributed by atoms with Crippen LogP contribution in [0.5, 0.6) is 0 Å². The molecule has 0 heterocycles. The van der Waals surface area contributed by atoms with Gasteiger partial charge in [-0.25, -0.2) is 0 Å². The molecule has 40 heavy (non-hydrogen) atoms. The van der Waals surface area contributed by atoms with E-state index < -0.39 is 0 Å². The van der Waals surface area contributed by atoms with Crippen LogP contribution in [0.1, 0.15) is 37.8 Å². The predicted molar refractivity (Wildman–Crippen MR) is 175 cm³/mol. The van der Waals surface area contributed by atoms with E-state index in [1.165, 1.54) is 80.6 Å². The Bertz CT molecular complexity index is 1510. The third kappa shape index (κ3) is 8.12. The van der Waals surface area contributed by atoms with E-state index in [-0.39, 0.29) is 5.43 Å². The summed E-state index contributed by atoms with van der Waals surface area (Å²) in [6, 6.07) is 43.8. The average Bonchev–Trinajstić information content (AvgIpc) is 3.57. The van der Waals surface area contributed by atoms with E-state index in [2.05, 4.69) is 148 Å². The summed E-state index contributed by atoms with van der Waals surface area (Å²) in [6.07, 6.45) is 4.75. The molecular formula is C38H40SiZr. The van der Waals surface area contributed by atoms with Gasteiger partial charge in [0, 0.05) is 0 Å². The summed E-state index contributed by atoms with van der Waals surface area (Å²) in [5.74, 6) is 0. The molecular weight excluding hydrogens is 576 g/mol. The Balaban J connectivity index is 0.000000164. The van der Waals surface area contributed by atoms with Gasteiger partial charge in [0.15, 0.2) is 0 Å². The van der Waals surface area contributed by atoms with Crippen molar-refractivity contribution in [3.05, 3.63) is 132 Å². The van der Waals surface area contributed by atoms with Gasteiger partial charge in [0.05, 0.1) is 0 Å². The maximum absolute atomic E-state index is 2.35. The van der Waals surface area contributed by atoms with Gasteiger partial charge >= 0.3 is 41.9 Å². The Kier molecular flexibility index (Phi) is 11.5. The summed E-state index contributed by atoms with van der Waals surface area (Å²) < 4.78 is 0. The van der Waals surface area contributed by atoms with Crippen LogP contribution in [-0.2, 0) is 36.2 Å². The zero-order chi connectivity index (χ0) is 28.3. The van der Waals surface area contributed by atoms with Gasteiger partial charge in [0.1, 0.15) is 0 Å². The second-order valence-electron chi connectivity index (χ2n) is 10.6. The summed E-state index contributed by atoms with van der Waals surface area (Å²) in [5, 5.41) is 5.49. The topological polar surface area (TPSA) is 0 Å². The van der Waals surface area contributed by atoms with Gasteiger partial charge in [-0.1, -0.05) is 111 Å². The molecule has 0 fully saturated rings. The number of hydrogen-bond donors (Lipinski definition) is 0. The van der Waals surface area contributed by atoms with Crippen LogP contribution < -0.4 is 0 Å². The van der Waals surface area contributed by atoms with Crippen molar-refractivity contribution in [1.82, 2.24) is 0 Å². The summed E-state index contributed by atoms with van der Waals surface area (Å²) in [6.45, 7) is 9.08. The Morgan fingerprint density at radius 2 is 0.925 bits per heavy atom. The first-order chi connectivity index (χ1) is 19.5. The molecule has 2 heteroatoms. The maximum atomic E-state index is 2.35. The second kappa shape index (κ2) is 15.3. The average molecular weight is 616 g/mol. The summed E-state index contributed by atoms with van der Waals surface area (Å²) in [4.78, 5) is 0. The zero-order valence-corrected chi connectivity index (χ0v) is 27.8. The van der Waals surface area contributed by atoms with Crippen molar-refractivity contribution in [1.29, 1.82) is 0 Å². The minimum atomic E-state index is 0.210. The van der Waals surface area contributed by atoms with Crippen LogP contribution in [0.25, 0.3) is 43.8 Å². The van der Waals surface area contributed by atoms with Crippen molar-refractivity contribution in [2.45, 2.75) is 52.6 Å². The van der Waals surface area contributed by atoms with E-state index in [0.29, 0.717) is 0 Å². The monoisotopic (exact) mass is 614 g/mol. The van der Waals surface area contributed by atoms with Crippen molar-refractivity contribution < 1.29 is 23.3 Å². The summed E-state index contributed by atoms with van der Waals surface area (Å²) in [7, 11) is 0. The van der Waals surface area contributed by atoms with Crippen molar-refractivity contribution >= 4 is 27.0 Å². The predicted octanol–water partition coefficient (Wildman–Crippen LogP) is 11.1. The van der Waals surface area contributed by atoms with Gasteiger partial charge in [0.2, 0.25) is 0 Å². The van der Waals surface area contributed by atoms with Gasteiger partial charge in [0.25, 0.3) is 0 Å². The van der Waals surface area contributed by atoms with Crippen LogP contribution in [0.2, 0.25) is 13.1 Å². The molecule has 0 radical (unpaired) electrons. The number of rotatable bonds is 6. The van der Waals surface area contributed by atoms with E-state index in [1.807, 2.05) is 0 Å². The van der Waals surface area contributed by atoms with Crippen LogP contribution in [-0.4, -0.2) is 5.43 Å². The van der Waals surface area contributed by atoms with Crippen molar-refractivity contribution in [2.75, 3.05) is 0 Å². The number of benzene rings is 4. The molecule has 0 saturated heterocycles. The Hall–Kier alpha value is -2.80. The molecule has 0 aliphatic heterocycles. The molecule has 0 saturated carbocycles. The van der Waals surface area contributed by atoms with Crippen LogP contribution in [0.3, 0.4) is 0 Å². The number of fused-ring (bicyclic) bond motifs is 2. The molecule has 0 spiro atoms. The van der Waals surface area contributed by atoms with Crippen molar-refractivity contribution in [3.63, 3.8) is 0 Å². The molecule has 0 aliphatic carbocycles. The molecule has 0 unspecified atom stereocenters. The van der Waals surface area contributed by atoms with E-state index >= 15 is 0 Å². The molecule has 0 nitrogen and oxygen atoms in total. The molecule has 0 aliphatic rings. The first-order valence-electron chi connectivity index (χ1n) is 14.5. The summed E-state index contributed by atoms with van der Waals surface area (Å²) in [5.41, 5.74) is 8.41. The van der Waals surface area contributed by atoms with Crippen LogP contribution >= 0.6 is 0 Å². The Morgan fingerprint density at radius 1 is 0.550 bits per heavy atom. The minimum absolute atomic E-state index is 0.210. The molecule has 0 atom stereocenters. The second-order valence-corrected chi connectivity index (χ2v) is 20.0. The standard InChI is InChI=1S/2C18H17.C2H6Si.Zr/c2*1-2-7-14-12-16-10-6-11-17(18(16)13-14)15-8-4-3-5-9-15;1-3-2;/h2*3-6,8-13H,2,7H2,1H3;1-2H3;/q2*-1;;+2. The molecule has 0 bridgehead atoms. The summed E-state index contributed by atoms with van der Waals surface area (Å²) >= 11 is 1.74. The third-order valence-corrected chi connectivity index (χ3v) is 6.87.